The first-order valence-electron chi connectivity index (χ1n) is 24.3. The van der Waals surface area contributed by atoms with Gasteiger partial charge in [0.25, 0.3) is 0 Å². The van der Waals surface area contributed by atoms with Crippen molar-refractivity contribution in [2.45, 2.75) is 270 Å². The predicted octanol–water partition coefficient (Wildman–Crippen LogP) is 14.3. The van der Waals surface area contributed by atoms with Crippen molar-refractivity contribution in [1.82, 2.24) is 5.32 Å². The number of unbranched alkanes of at least 4 members (excludes halogenated alkanes) is 32. The summed E-state index contributed by atoms with van der Waals surface area (Å²) in [6.07, 6.45) is 57.6. The first-order valence-corrected chi connectivity index (χ1v) is 24.3. The summed E-state index contributed by atoms with van der Waals surface area (Å²) in [7, 11) is 0. The van der Waals surface area contributed by atoms with Gasteiger partial charge in [0, 0.05) is 0 Å². The Balaban J connectivity index is 3.66. The Labute approximate surface area is 343 Å². The highest BCUT2D eigenvalue weighted by Gasteiger charge is 2.22. The van der Waals surface area contributed by atoms with Crippen LogP contribution in [-0.4, -0.2) is 46.1 Å². The van der Waals surface area contributed by atoms with Crippen molar-refractivity contribution in [1.29, 1.82) is 0 Å². The summed E-state index contributed by atoms with van der Waals surface area (Å²) in [4.78, 5) is 12.5. The van der Waals surface area contributed by atoms with Crippen molar-refractivity contribution in [3.63, 3.8) is 0 Å². The summed E-state index contributed by atoms with van der Waals surface area (Å²) < 4.78 is 0. The molecule has 0 saturated heterocycles. The van der Waals surface area contributed by atoms with E-state index in [0.717, 1.165) is 38.5 Å². The van der Waals surface area contributed by atoms with E-state index in [2.05, 4.69) is 43.5 Å². The van der Waals surface area contributed by atoms with Gasteiger partial charge in [-0.25, -0.2) is 0 Å². The molecule has 0 aromatic rings. The van der Waals surface area contributed by atoms with E-state index in [9.17, 15) is 20.1 Å². The van der Waals surface area contributed by atoms with Crippen LogP contribution in [0.5, 0.6) is 0 Å². The van der Waals surface area contributed by atoms with Crippen molar-refractivity contribution in [2.24, 2.45) is 0 Å². The number of aliphatic hydroxyl groups excluding tert-OH is 3. The van der Waals surface area contributed by atoms with Gasteiger partial charge >= 0.3 is 0 Å². The number of rotatable bonds is 44. The first-order chi connectivity index (χ1) is 27.1. The fraction of sp³-hybridized carbons (Fsp3) is 0.860. The summed E-state index contributed by atoms with van der Waals surface area (Å²) in [5.74, 6) is -0.514. The minimum atomic E-state index is -1.11. The SMILES string of the molecule is CCCCCCCCCCCCC/C=C/CC/C=C/C(O)C(CO)NC(=O)C(O)CCCCCCCCCC/C=C\CCCCCCCCCCCCCC. The zero-order chi connectivity index (χ0) is 40.1. The molecule has 3 unspecified atom stereocenters. The molecule has 0 aliphatic carbocycles. The molecule has 0 aliphatic rings. The fourth-order valence-corrected chi connectivity index (χ4v) is 7.37. The van der Waals surface area contributed by atoms with Gasteiger partial charge in [-0.15, -0.1) is 0 Å². The monoisotopic (exact) mass is 774 g/mol. The van der Waals surface area contributed by atoms with Crippen LogP contribution < -0.4 is 5.32 Å². The summed E-state index contributed by atoms with van der Waals surface area (Å²) in [6.45, 7) is 4.18. The van der Waals surface area contributed by atoms with Crippen molar-refractivity contribution in [3.05, 3.63) is 36.5 Å². The second-order valence-electron chi connectivity index (χ2n) is 16.7. The van der Waals surface area contributed by atoms with Gasteiger partial charge < -0.3 is 20.6 Å². The minimum Gasteiger partial charge on any atom is -0.394 e. The lowest BCUT2D eigenvalue weighted by atomic mass is 10.0. The van der Waals surface area contributed by atoms with Crippen LogP contribution in [0.25, 0.3) is 0 Å². The Morgan fingerprint density at radius 1 is 0.436 bits per heavy atom. The van der Waals surface area contributed by atoms with Crippen LogP contribution in [-0.2, 0) is 4.79 Å². The third-order valence-corrected chi connectivity index (χ3v) is 11.2. The maximum atomic E-state index is 12.5. The number of hydrogen-bond acceptors (Lipinski definition) is 4. The smallest absolute Gasteiger partial charge is 0.249 e. The largest absolute Gasteiger partial charge is 0.394 e. The molecule has 4 N–H and O–H groups in total. The summed E-state index contributed by atoms with van der Waals surface area (Å²) in [6, 6.07) is -0.815. The third kappa shape index (κ3) is 40.6. The molecule has 0 aromatic carbocycles. The second kappa shape index (κ2) is 45.3. The molecule has 5 heteroatoms. The first kappa shape index (κ1) is 53.6. The Morgan fingerprint density at radius 3 is 1.11 bits per heavy atom. The van der Waals surface area contributed by atoms with E-state index in [1.54, 1.807) is 6.08 Å². The van der Waals surface area contributed by atoms with Gasteiger partial charge in [-0.3, -0.25) is 4.79 Å². The maximum absolute atomic E-state index is 12.5. The Kier molecular flexibility index (Phi) is 44.1. The number of nitrogens with one attached hydrogen (secondary N) is 1. The third-order valence-electron chi connectivity index (χ3n) is 11.2. The standard InChI is InChI=1S/C50H95NO4/c1-3-5-7-9-11-13-15-17-19-21-22-23-24-25-26-27-29-31-33-35-37-39-41-43-45-49(54)50(55)51-47(46-52)48(53)44-42-40-38-36-34-32-30-28-20-18-16-14-12-10-8-6-4-2/h25-26,34,36,42,44,47-49,52-54H,3-24,27-33,35,37-41,43,45-46H2,1-2H3,(H,51,55)/b26-25-,36-34+,44-42+. The van der Waals surface area contributed by atoms with Crippen LogP contribution in [0.15, 0.2) is 36.5 Å². The molecule has 1 amide bonds. The van der Waals surface area contributed by atoms with E-state index < -0.39 is 24.2 Å². The summed E-state index contributed by atoms with van der Waals surface area (Å²) in [5.41, 5.74) is 0. The number of carbonyl (C=O) groups excluding carboxylic acids is 1. The fourth-order valence-electron chi connectivity index (χ4n) is 7.37. The molecule has 0 radical (unpaired) electrons. The molecular formula is C50H95NO4. The van der Waals surface area contributed by atoms with E-state index in [4.69, 9.17) is 0 Å². The van der Waals surface area contributed by atoms with Crippen molar-refractivity contribution < 1.29 is 20.1 Å². The van der Waals surface area contributed by atoms with E-state index >= 15 is 0 Å². The molecule has 0 bridgehead atoms. The molecule has 0 aliphatic heterocycles. The Bertz CT molecular complexity index is 855. The molecule has 0 aromatic heterocycles. The van der Waals surface area contributed by atoms with Crippen molar-refractivity contribution in [2.75, 3.05) is 6.61 Å². The van der Waals surface area contributed by atoms with Gasteiger partial charge in [-0.2, -0.15) is 0 Å². The summed E-state index contributed by atoms with van der Waals surface area (Å²) >= 11 is 0. The Morgan fingerprint density at radius 2 is 0.745 bits per heavy atom. The normalized spacial score (nSPS) is 13.8. The molecule has 5 nitrogen and oxygen atoms in total. The van der Waals surface area contributed by atoms with Crippen molar-refractivity contribution in [3.8, 4) is 0 Å². The van der Waals surface area contributed by atoms with Crippen LogP contribution in [0.3, 0.4) is 0 Å². The van der Waals surface area contributed by atoms with Gasteiger partial charge in [0.15, 0.2) is 0 Å². The highest BCUT2D eigenvalue weighted by Crippen LogP contribution is 2.15. The average Bonchev–Trinajstić information content (AvgIpc) is 3.19. The van der Waals surface area contributed by atoms with Gasteiger partial charge in [0.2, 0.25) is 5.91 Å². The maximum Gasteiger partial charge on any atom is 0.249 e. The van der Waals surface area contributed by atoms with Gasteiger partial charge in [0.1, 0.15) is 6.10 Å². The average molecular weight is 774 g/mol. The Hall–Kier alpha value is -1.43. The van der Waals surface area contributed by atoms with Crippen LogP contribution >= 0.6 is 0 Å². The van der Waals surface area contributed by atoms with Crippen LogP contribution in [0.4, 0.5) is 0 Å². The lowest BCUT2D eigenvalue weighted by molar-refractivity contribution is -0.131. The van der Waals surface area contributed by atoms with E-state index in [1.165, 1.54) is 193 Å². The minimum absolute atomic E-state index is 0.376. The van der Waals surface area contributed by atoms with E-state index in [0.29, 0.717) is 6.42 Å². The van der Waals surface area contributed by atoms with Crippen LogP contribution in [0.2, 0.25) is 0 Å². The molecule has 0 saturated carbocycles. The molecule has 324 valence electrons. The zero-order valence-electron chi connectivity index (χ0n) is 36.8. The lowest BCUT2D eigenvalue weighted by Crippen LogP contribution is -2.48. The predicted molar refractivity (Wildman–Crippen MR) is 241 cm³/mol. The summed E-state index contributed by atoms with van der Waals surface area (Å²) in [5, 5.41) is 33.2. The number of aliphatic hydroxyl groups is 3. The second-order valence-corrected chi connectivity index (χ2v) is 16.7. The molecular weight excluding hydrogens is 679 g/mol. The van der Waals surface area contributed by atoms with Gasteiger partial charge in [-0.1, -0.05) is 230 Å². The quantitative estimate of drug-likeness (QED) is 0.0367. The molecule has 3 atom stereocenters. The topological polar surface area (TPSA) is 89.8 Å². The number of carbonyl (C=O) groups is 1. The van der Waals surface area contributed by atoms with Crippen LogP contribution in [0.1, 0.15) is 251 Å². The van der Waals surface area contributed by atoms with E-state index in [1.807, 2.05) is 6.08 Å². The molecule has 0 fully saturated rings. The molecule has 0 rings (SSSR count). The highest BCUT2D eigenvalue weighted by atomic mass is 16.3. The van der Waals surface area contributed by atoms with Gasteiger partial charge in [-0.05, 0) is 57.8 Å². The molecule has 0 spiro atoms. The zero-order valence-corrected chi connectivity index (χ0v) is 36.8. The molecule has 0 heterocycles. The van der Waals surface area contributed by atoms with Crippen LogP contribution in [0, 0.1) is 0 Å². The number of amides is 1. The van der Waals surface area contributed by atoms with E-state index in [-0.39, 0.29) is 6.61 Å². The highest BCUT2D eigenvalue weighted by molar-refractivity contribution is 5.80. The number of allylic oxidation sites excluding steroid dienone is 5. The van der Waals surface area contributed by atoms with Gasteiger partial charge in [0.05, 0.1) is 18.8 Å². The van der Waals surface area contributed by atoms with Crippen molar-refractivity contribution >= 4 is 5.91 Å². The lowest BCUT2D eigenvalue weighted by Gasteiger charge is -2.21. The number of hydrogen-bond donors (Lipinski definition) is 4. The molecule has 55 heavy (non-hydrogen) atoms.